The number of hydrogen-bond donors (Lipinski definition) is 0. The van der Waals surface area contributed by atoms with Crippen molar-refractivity contribution in [1.29, 1.82) is 0 Å². The van der Waals surface area contributed by atoms with Crippen molar-refractivity contribution in [1.82, 2.24) is 0 Å². The molecule has 0 aromatic carbocycles. The van der Waals surface area contributed by atoms with Crippen LogP contribution in [0.1, 0.15) is 46.0 Å². The van der Waals surface area contributed by atoms with E-state index in [1.807, 2.05) is 6.08 Å². The van der Waals surface area contributed by atoms with Gasteiger partial charge in [0.05, 0.1) is 0 Å². The van der Waals surface area contributed by atoms with Crippen molar-refractivity contribution in [2.45, 2.75) is 46.0 Å². The molecule has 0 fully saturated rings. The molecule has 0 aromatic heterocycles. The van der Waals surface area contributed by atoms with Gasteiger partial charge in [0.1, 0.15) is 0 Å². The molecule has 0 spiro atoms. The van der Waals surface area contributed by atoms with E-state index in [1.165, 1.54) is 11.1 Å². The van der Waals surface area contributed by atoms with E-state index in [0.717, 1.165) is 32.1 Å². The summed E-state index contributed by atoms with van der Waals surface area (Å²) in [5.41, 5.74) is 2.71. The zero-order chi connectivity index (χ0) is 9.68. The molecule has 72 valence electrons. The topological polar surface area (TPSA) is 17.1 Å². The molecule has 0 aromatic rings. The second kappa shape index (κ2) is 5.00. The summed E-state index contributed by atoms with van der Waals surface area (Å²) in [7, 11) is 0. The Morgan fingerprint density at radius 2 is 2.23 bits per heavy atom. The van der Waals surface area contributed by atoms with Crippen LogP contribution in [-0.2, 0) is 4.79 Å². The Bertz CT molecular complexity index is 242. The maximum atomic E-state index is 11.1. The largest absolute Gasteiger partial charge is 0.295 e. The highest BCUT2D eigenvalue weighted by atomic mass is 16.1. The summed E-state index contributed by atoms with van der Waals surface area (Å²) in [5, 5.41) is 0. The van der Waals surface area contributed by atoms with Crippen LogP contribution in [0.5, 0.6) is 0 Å². The molecule has 1 aliphatic rings. The Morgan fingerprint density at radius 1 is 1.46 bits per heavy atom. The van der Waals surface area contributed by atoms with E-state index in [4.69, 9.17) is 0 Å². The van der Waals surface area contributed by atoms with Crippen LogP contribution in [0.4, 0.5) is 0 Å². The standard InChI is InChI=1S/C12H18O/c1-10(2)5-3-6-11-7-4-8-12(13)9-11/h5,9H,3-4,6-8H2,1-2H3. The molecule has 1 heteroatoms. The van der Waals surface area contributed by atoms with Gasteiger partial charge in [0.25, 0.3) is 0 Å². The summed E-state index contributed by atoms with van der Waals surface area (Å²) in [6, 6.07) is 0. The molecule has 0 aliphatic heterocycles. The summed E-state index contributed by atoms with van der Waals surface area (Å²) in [5.74, 6) is 0.318. The first-order chi connectivity index (χ1) is 6.18. The lowest BCUT2D eigenvalue weighted by molar-refractivity contribution is -0.115. The fourth-order valence-electron chi connectivity index (χ4n) is 1.61. The highest BCUT2D eigenvalue weighted by molar-refractivity contribution is 5.91. The Morgan fingerprint density at radius 3 is 2.85 bits per heavy atom. The minimum Gasteiger partial charge on any atom is -0.295 e. The zero-order valence-corrected chi connectivity index (χ0v) is 8.60. The van der Waals surface area contributed by atoms with Crippen molar-refractivity contribution in [3.8, 4) is 0 Å². The quantitative estimate of drug-likeness (QED) is 0.605. The molecule has 0 atom stereocenters. The van der Waals surface area contributed by atoms with Crippen LogP contribution in [0, 0.1) is 0 Å². The van der Waals surface area contributed by atoms with E-state index >= 15 is 0 Å². The third-order valence-electron chi connectivity index (χ3n) is 2.30. The van der Waals surface area contributed by atoms with Gasteiger partial charge in [0.15, 0.2) is 5.78 Å². The molecule has 13 heavy (non-hydrogen) atoms. The van der Waals surface area contributed by atoms with Crippen LogP contribution >= 0.6 is 0 Å². The predicted octanol–water partition coefficient (Wildman–Crippen LogP) is 3.41. The number of rotatable bonds is 3. The molecule has 0 radical (unpaired) electrons. The van der Waals surface area contributed by atoms with Gasteiger partial charge in [-0.05, 0) is 45.6 Å². The van der Waals surface area contributed by atoms with Gasteiger partial charge in [-0.3, -0.25) is 4.79 Å². The number of carbonyl (C=O) groups is 1. The van der Waals surface area contributed by atoms with Gasteiger partial charge in [-0.15, -0.1) is 0 Å². The first-order valence-electron chi connectivity index (χ1n) is 5.04. The summed E-state index contributed by atoms with van der Waals surface area (Å²) < 4.78 is 0. The van der Waals surface area contributed by atoms with Crippen LogP contribution in [0.2, 0.25) is 0 Å². The highest BCUT2D eigenvalue weighted by Crippen LogP contribution is 2.19. The zero-order valence-electron chi connectivity index (χ0n) is 8.60. The first kappa shape index (κ1) is 10.2. The van der Waals surface area contributed by atoms with Crippen molar-refractivity contribution in [2.24, 2.45) is 0 Å². The van der Waals surface area contributed by atoms with Crippen LogP contribution in [0.3, 0.4) is 0 Å². The Kier molecular flexibility index (Phi) is 3.94. The Balaban J connectivity index is 2.36. The average molecular weight is 178 g/mol. The molecule has 0 saturated heterocycles. The summed E-state index contributed by atoms with van der Waals surface area (Å²) >= 11 is 0. The lowest BCUT2D eigenvalue weighted by Gasteiger charge is -2.10. The van der Waals surface area contributed by atoms with Crippen LogP contribution in [0.25, 0.3) is 0 Å². The van der Waals surface area contributed by atoms with Crippen LogP contribution < -0.4 is 0 Å². The second-order valence-electron chi connectivity index (χ2n) is 3.94. The molecular weight excluding hydrogens is 160 g/mol. The molecule has 0 saturated carbocycles. The minimum atomic E-state index is 0.318. The van der Waals surface area contributed by atoms with Gasteiger partial charge in [-0.1, -0.05) is 17.2 Å². The maximum Gasteiger partial charge on any atom is 0.155 e. The molecule has 1 nitrogen and oxygen atoms in total. The van der Waals surface area contributed by atoms with Crippen molar-refractivity contribution < 1.29 is 4.79 Å². The fraction of sp³-hybridized carbons (Fsp3) is 0.583. The molecule has 0 heterocycles. The Labute approximate surface area is 80.5 Å². The molecule has 0 amide bonds. The number of ketones is 1. The van der Waals surface area contributed by atoms with Crippen molar-refractivity contribution in [3.63, 3.8) is 0 Å². The van der Waals surface area contributed by atoms with E-state index < -0.39 is 0 Å². The van der Waals surface area contributed by atoms with Gasteiger partial charge < -0.3 is 0 Å². The molecule has 0 N–H and O–H groups in total. The Hall–Kier alpha value is -0.850. The first-order valence-corrected chi connectivity index (χ1v) is 5.04. The molecule has 0 bridgehead atoms. The number of allylic oxidation sites excluding steroid dienone is 4. The third kappa shape index (κ3) is 4.07. The summed E-state index contributed by atoms with van der Waals surface area (Å²) in [4.78, 5) is 11.1. The SMILES string of the molecule is CC(C)=CCCC1=CC(=O)CCC1. The third-order valence-corrected chi connectivity index (χ3v) is 2.30. The molecular formula is C12H18O. The normalized spacial score (nSPS) is 16.8. The lowest BCUT2D eigenvalue weighted by atomic mass is 9.95. The van der Waals surface area contributed by atoms with E-state index in [2.05, 4.69) is 19.9 Å². The fourth-order valence-corrected chi connectivity index (χ4v) is 1.61. The second-order valence-corrected chi connectivity index (χ2v) is 3.94. The van der Waals surface area contributed by atoms with Crippen molar-refractivity contribution in [2.75, 3.05) is 0 Å². The summed E-state index contributed by atoms with van der Waals surface area (Å²) in [6.07, 6.45) is 9.18. The minimum absolute atomic E-state index is 0.318. The smallest absolute Gasteiger partial charge is 0.155 e. The lowest BCUT2D eigenvalue weighted by Crippen LogP contribution is -2.02. The van der Waals surface area contributed by atoms with Crippen molar-refractivity contribution >= 4 is 5.78 Å². The van der Waals surface area contributed by atoms with E-state index in [0.29, 0.717) is 5.78 Å². The maximum absolute atomic E-state index is 11.1. The summed E-state index contributed by atoms with van der Waals surface area (Å²) in [6.45, 7) is 4.22. The van der Waals surface area contributed by atoms with Crippen LogP contribution in [0.15, 0.2) is 23.3 Å². The highest BCUT2D eigenvalue weighted by Gasteiger charge is 2.08. The molecule has 1 aliphatic carbocycles. The average Bonchev–Trinajstić information content (AvgIpc) is 2.03. The molecule has 1 rings (SSSR count). The van der Waals surface area contributed by atoms with Crippen molar-refractivity contribution in [3.05, 3.63) is 23.3 Å². The monoisotopic (exact) mass is 178 g/mol. The van der Waals surface area contributed by atoms with Gasteiger partial charge in [-0.25, -0.2) is 0 Å². The van der Waals surface area contributed by atoms with E-state index in [-0.39, 0.29) is 0 Å². The predicted molar refractivity (Wildman–Crippen MR) is 55.6 cm³/mol. The van der Waals surface area contributed by atoms with E-state index in [1.54, 1.807) is 0 Å². The van der Waals surface area contributed by atoms with Crippen LogP contribution in [-0.4, -0.2) is 5.78 Å². The van der Waals surface area contributed by atoms with Gasteiger partial charge in [0.2, 0.25) is 0 Å². The van der Waals surface area contributed by atoms with Gasteiger partial charge in [0, 0.05) is 6.42 Å². The van der Waals surface area contributed by atoms with Gasteiger partial charge in [-0.2, -0.15) is 0 Å². The number of hydrogen-bond acceptors (Lipinski definition) is 1. The van der Waals surface area contributed by atoms with E-state index in [9.17, 15) is 4.79 Å². The number of carbonyl (C=O) groups excluding carboxylic acids is 1. The van der Waals surface area contributed by atoms with Gasteiger partial charge >= 0.3 is 0 Å². The molecule has 0 unspecified atom stereocenters.